The van der Waals surface area contributed by atoms with Crippen LogP contribution in [-0.4, -0.2) is 46.8 Å². The van der Waals surface area contributed by atoms with Crippen molar-refractivity contribution in [3.05, 3.63) is 20.2 Å². The molecule has 0 aliphatic rings. The lowest BCUT2D eigenvalue weighted by atomic mass is 10.2. The van der Waals surface area contributed by atoms with Crippen molar-refractivity contribution in [3.8, 4) is 0 Å². The molecule has 0 spiro atoms. The van der Waals surface area contributed by atoms with E-state index in [0.717, 1.165) is 0 Å². The van der Waals surface area contributed by atoms with Crippen molar-refractivity contribution in [2.24, 2.45) is 0 Å². The third-order valence-electron chi connectivity index (χ3n) is 1.37. The number of aliphatic hydroxyl groups excluding tert-OH is 1. The van der Waals surface area contributed by atoms with Crippen molar-refractivity contribution in [3.63, 3.8) is 0 Å². The largest absolute Gasteiger partial charge is 0.504 e. The van der Waals surface area contributed by atoms with Crippen molar-refractivity contribution in [1.29, 1.82) is 0 Å². The Balaban J connectivity index is 4.96. The van der Waals surface area contributed by atoms with Crippen molar-refractivity contribution in [1.82, 2.24) is 0 Å². The van der Waals surface area contributed by atoms with Crippen LogP contribution in [0.1, 0.15) is 0 Å². The van der Waals surface area contributed by atoms with Gasteiger partial charge in [-0.15, -0.1) is 0 Å². The number of rotatable bonds is 6. The average molecular weight is 246 g/mol. The van der Waals surface area contributed by atoms with E-state index in [0.29, 0.717) is 0 Å². The van der Waals surface area contributed by atoms with E-state index in [-0.39, 0.29) is 0 Å². The monoisotopic (exact) mass is 246 g/mol. The van der Waals surface area contributed by atoms with Gasteiger partial charge in [0.1, 0.15) is 9.85 Å². The fourth-order valence-corrected chi connectivity index (χ4v) is 0.840. The van der Waals surface area contributed by atoms with Crippen LogP contribution in [0.15, 0.2) is 0 Å². The molecule has 0 aliphatic carbocycles. The SMILES string of the molecule is O=[N+]([O-])C(CO)(COS(=O)(=O)O)[N+](=O)[O-]. The minimum atomic E-state index is -5.05. The van der Waals surface area contributed by atoms with Gasteiger partial charge in [0.15, 0.2) is 6.61 Å². The zero-order chi connectivity index (χ0) is 12.3. The molecule has 0 rings (SSSR count). The summed E-state index contributed by atoms with van der Waals surface area (Å²) in [7, 11) is -5.05. The predicted octanol–water partition coefficient (Wildman–Crippen LogP) is -1.95. The van der Waals surface area contributed by atoms with Crippen molar-refractivity contribution < 1.29 is 32.1 Å². The minimum Gasteiger partial charge on any atom is -0.382 e. The zero-order valence-corrected chi connectivity index (χ0v) is 7.79. The molecule has 0 saturated carbocycles. The summed E-state index contributed by atoms with van der Waals surface area (Å²) >= 11 is 0. The summed E-state index contributed by atoms with van der Waals surface area (Å²) in [6, 6.07) is 0. The molecule has 88 valence electrons. The molecule has 0 unspecified atom stereocenters. The molecule has 0 aromatic carbocycles. The van der Waals surface area contributed by atoms with Gasteiger partial charge >= 0.3 is 16.1 Å². The Labute approximate surface area is 82.5 Å². The summed E-state index contributed by atoms with van der Waals surface area (Å²) in [5.74, 6) is 0. The fraction of sp³-hybridized carbons (Fsp3) is 1.00. The van der Waals surface area contributed by atoms with Gasteiger partial charge in [-0.05, 0) is 0 Å². The van der Waals surface area contributed by atoms with Crippen LogP contribution in [0.3, 0.4) is 0 Å². The molecule has 0 saturated heterocycles. The smallest absolute Gasteiger partial charge is 0.382 e. The van der Waals surface area contributed by atoms with Crippen LogP contribution >= 0.6 is 0 Å². The van der Waals surface area contributed by atoms with E-state index in [1.807, 2.05) is 0 Å². The summed E-state index contributed by atoms with van der Waals surface area (Å²) in [5.41, 5.74) is -3.21. The second kappa shape index (κ2) is 4.43. The molecule has 12 heteroatoms. The second-order valence-electron chi connectivity index (χ2n) is 2.34. The van der Waals surface area contributed by atoms with Crippen LogP contribution < -0.4 is 0 Å². The molecule has 0 aliphatic heterocycles. The van der Waals surface area contributed by atoms with Crippen LogP contribution in [0.4, 0.5) is 0 Å². The highest BCUT2D eigenvalue weighted by molar-refractivity contribution is 7.80. The molecular formula is C3H6N2O9S. The predicted molar refractivity (Wildman–Crippen MR) is 41.3 cm³/mol. The van der Waals surface area contributed by atoms with E-state index >= 15 is 0 Å². The molecule has 0 fully saturated rings. The number of nitro groups is 2. The topological polar surface area (TPSA) is 170 Å². The van der Waals surface area contributed by atoms with Gasteiger partial charge in [-0.1, -0.05) is 0 Å². The molecular weight excluding hydrogens is 240 g/mol. The van der Waals surface area contributed by atoms with E-state index in [4.69, 9.17) is 9.66 Å². The average Bonchev–Trinajstić information content (AvgIpc) is 2.02. The van der Waals surface area contributed by atoms with Gasteiger partial charge in [0.2, 0.25) is 6.61 Å². The van der Waals surface area contributed by atoms with E-state index in [1.54, 1.807) is 0 Å². The van der Waals surface area contributed by atoms with Gasteiger partial charge in [-0.25, -0.2) is 4.18 Å². The summed E-state index contributed by atoms with van der Waals surface area (Å²) < 4.78 is 31.6. The van der Waals surface area contributed by atoms with E-state index < -0.39 is 39.1 Å². The molecule has 0 atom stereocenters. The quantitative estimate of drug-likeness (QED) is 0.234. The first kappa shape index (κ1) is 13.6. The van der Waals surface area contributed by atoms with Crippen molar-refractivity contribution in [2.45, 2.75) is 5.66 Å². The molecule has 0 heterocycles. The van der Waals surface area contributed by atoms with Crippen LogP contribution in [-0.2, 0) is 14.6 Å². The molecule has 0 radical (unpaired) electrons. The summed E-state index contributed by atoms with van der Waals surface area (Å²) in [6.07, 6.45) is 0. The second-order valence-corrected chi connectivity index (χ2v) is 3.44. The van der Waals surface area contributed by atoms with E-state index in [9.17, 15) is 28.6 Å². The lowest BCUT2D eigenvalue weighted by Crippen LogP contribution is -2.53. The third kappa shape index (κ3) is 3.35. The third-order valence-corrected chi connectivity index (χ3v) is 1.79. The first-order chi connectivity index (χ1) is 6.65. The standard InChI is InChI=1S/C3H6N2O9S/c6-1-3(4(7)8,5(9)10)2-14-15(11,12)13/h6H,1-2H2,(H,11,12,13). The molecule has 0 bridgehead atoms. The summed E-state index contributed by atoms with van der Waals surface area (Å²) in [4.78, 5) is 17.5. The first-order valence-electron chi connectivity index (χ1n) is 3.17. The Bertz CT molecular complexity index is 346. The number of hydrogen-bond acceptors (Lipinski definition) is 8. The first-order valence-corrected chi connectivity index (χ1v) is 4.54. The highest BCUT2D eigenvalue weighted by Gasteiger charge is 2.57. The fourth-order valence-electron chi connectivity index (χ4n) is 0.502. The molecule has 0 aromatic rings. The maximum atomic E-state index is 10.3. The highest BCUT2D eigenvalue weighted by atomic mass is 32.3. The van der Waals surface area contributed by atoms with Gasteiger partial charge < -0.3 is 5.11 Å². The van der Waals surface area contributed by atoms with Gasteiger partial charge in [0.05, 0.1) is 0 Å². The number of hydrogen-bond donors (Lipinski definition) is 2. The van der Waals surface area contributed by atoms with Gasteiger partial charge in [0, 0.05) is 0 Å². The van der Waals surface area contributed by atoms with E-state index in [2.05, 4.69) is 4.18 Å². The Morgan fingerprint density at radius 3 is 1.87 bits per heavy atom. The van der Waals surface area contributed by atoms with Crippen LogP contribution in [0, 0.1) is 20.2 Å². The van der Waals surface area contributed by atoms with E-state index in [1.165, 1.54) is 0 Å². The Kier molecular flexibility index (Phi) is 4.03. The maximum Gasteiger partial charge on any atom is 0.504 e. The molecule has 15 heavy (non-hydrogen) atoms. The van der Waals surface area contributed by atoms with Crippen LogP contribution in [0.2, 0.25) is 0 Å². The van der Waals surface area contributed by atoms with Gasteiger partial charge in [-0.2, -0.15) is 8.42 Å². The molecule has 0 aromatic heterocycles. The number of aliphatic hydroxyl groups is 1. The van der Waals surface area contributed by atoms with Crippen LogP contribution in [0.5, 0.6) is 0 Å². The summed E-state index contributed by atoms with van der Waals surface area (Å²) in [5, 5.41) is 29.0. The van der Waals surface area contributed by atoms with Crippen molar-refractivity contribution in [2.75, 3.05) is 13.2 Å². The molecule has 0 amide bonds. The Morgan fingerprint density at radius 1 is 1.27 bits per heavy atom. The summed E-state index contributed by atoms with van der Waals surface area (Å²) in [6.45, 7) is -3.19. The normalized spacial score (nSPS) is 12.4. The Morgan fingerprint density at radius 2 is 1.67 bits per heavy atom. The molecule has 2 N–H and O–H groups in total. The lowest BCUT2D eigenvalue weighted by molar-refractivity contribution is -0.799. The van der Waals surface area contributed by atoms with Crippen molar-refractivity contribution >= 4 is 10.4 Å². The minimum absolute atomic E-state index is 1.52. The van der Waals surface area contributed by atoms with Gasteiger partial charge in [0.25, 0.3) is 0 Å². The van der Waals surface area contributed by atoms with Gasteiger partial charge in [-0.3, -0.25) is 24.8 Å². The lowest BCUT2D eigenvalue weighted by Gasteiger charge is -2.13. The molecule has 11 nitrogen and oxygen atoms in total. The maximum absolute atomic E-state index is 10.3. The number of nitrogens with zero attached hydrogens (tertiary/aromatic N) is 2. The highest BCUT2D eigenvalue weighted by Crippen LogP contribution is 2.12. The Hall–Kier alpha value is -1.37. The zero-order valence-electron chi connectivity index (χ0n) is 6.97. The van der Waals surface area contributed by atoms with Crippen LogP contribution in [0.25, 0.3) is 0 Å².